The molecular formula is C15H10BrNO2. The molecule has 0 saturated carbocycles. The predicted molar refractivity (Wildman–Crippen MR) is 78.4 cm³/mol. The zero-order valence-electron chi connectivity index (χ0n) is 9.85. The summed E-state index contributed by atoms with van der Waals surface area (Å²) in [4.78, 5) is 14.5. The molecular weight excluding hydrogens is 306 g/mol. The smallest absolute Gasteiger partial charge is 0.336 e. The minimum Gasteiger partial charge on any atom is -0.478 e. The summed E-state index contributed by atoms with van der Waals surface area (Å²) in [5.74, 6) is -0.923. The predicted octanol–water partition coefficient (Wildman–Crippen LogP) is 4.30. The van der Waals surface area contributed by atoms with Gasteiger partial charge in [0.05, 0.1) is 5.56 Å². The molecule has 0 spiro atoms. The zero-order chi connectivity index (χ0) is 13.4. The van der Waals surface area contributed by atoms with Gasteiger partial charge in [-0.3, -0.25) is 0 Å². The number of aromatic carboxylic acids is 1. The van der Waals surface area contributed by atoms with Crippen molar-refractivity contribution in [3.05, 3.63) is 58.6 Å². The fourth-order valence-electron chi connectivity index (χ4n) is 2.17. The highest BCUT2D eigenvalue weighted by atomic mass is 79.9. The Labute approximate surface area is 118 Å². The number of carboxylic acid groups (broad SMARTS) is 1. The van der Waals surface area contributed by atoms with Crippen LogP contribution in [0.1, 0.15) is 10.4 Å². The van der Waals surface area contributed by atoms with E-state index in [-0.39, 0.29) is 0 Å². The first kappa shape index (κ1) is 12.0. The number of aromatic amines is 1. The molecule has 3 rings (SSSR count). The number of carboxylic acids is 1. The second-order valence-electron chi connectivity index (χ2n) is 4.23. The highest BCUT2D eigenvalue weighted by Crippen LogP contribution is 2.30. The van der Waals surface area contributed by atoms with E-state index in [2.05, 4.69) is 20.9 Å². The molecule has 0 bridgehead atoms. The van der Waals surface area contributed by atoms with Gasteiger partial charge in [-0.05, 0) is 24.3 Å². The largest absolute Gasteiger partial charge is 0.478 e. The highest BCUT2D eigenvalue weighted by molar-refractivity contribution is 9.10. The van der Waals surface area contributed by atoms with E-state index in [4.69, 9.17) is 0 Å². The fourth-order valence-corrected chi connectivity index (χ4v) is 2.65. The third-order valence-electron chi connectivity index (χ3n) is 3.06. The van der Waals surface area contributed by atoms with Crippen LogP contribution in [-0.4, -0.2) is 16.1 Å². The Morgan fingerprint density at radius 2 is 1.89 bits per heavy atom. The van der Waals surface area contributed by atoms with E-state index in [1.807, 2.05) is 36.4 Å². The fraction of sp³-hybridized carbons (Fsp3) is 0. The summed E-state index contributed by atoms with van der Waals surface area (Å²) in [6, 6.07) is 14.8. The van der Waals surface area contributed by atoms with Crippen molar-refractivity contribution < 1.29 is 9.90 Å². The van der Waals surface area contributed by atoms with E-state index >= 15 is 0 Å². The molecule has 0 aliphatic carbocycles. The number of fused-ring (bicyclic) bond motifs is 1. The lowest BCUT2D eigenvalue weighted by Crippen LogP contribution is -1.98. The molecule has 1 aromatic heterocycles. The SMILES string of the molecule is O=C(O)c1ccccc1-c1cc2c(Br)cccc2[nH]1. The molecule has 0 fully saturated rings. The van der Waals surface area contributed by atoms with Gasteiger partial charge in [0, 0.05) is 26.6 Å². The van der Waals surface area contributed by atoms with E-state index in [0.717, 1.165) is 21.1 Å². The number of halogens is 1. The number of hydrogen-bond donors (Lipinski definition) is 2. The van der Waals surface area contributed by atoms with Gasteiger partial charge in [0.15, 0.2) is 0 Å². The summed E-state index contributed by atoms with van der Waals surface area (Å²) in [7, 11) is 0. The van der Waals surface area contributed by atoms with Crippen molar-refractivity contribution in [3.63, 3.8) is 0 Å². The van der Waals surface area contributed by atoms with Crippen LogP contribution in [0, 0.1) is 0 Å². The molecule has 19 heavy (non-hydrogen) atoms. The summed E-state index contributed by atoms with van der Waals surface area (Å²) in [6.45, 7) is 0. The molecule has 0 saturated heterocycles. The number of rotatable bonds is 2. The van der Waals surface area contributed by atoms with Crippen LogP contribution in [0.5, 0.6) is 0 Å². The summed E-state index contributed by atoms with van der Waals surface area (Å²) in [6.07, 6.45) is 0. The van der Waals surface area contributed by atoms with Crippen molar-refractivity contribution in [2.45, 2.75) is 0 Å². The molecule has 94 valence electrons. The summed E-state index contributed by atoms with van der Waals surface area (Å²) < 4.78 is 0.986. The maximum absolute atomic E-state index is 11.3. The van der Waals surface area contributed by atoms with Gasteiger partial charge >= 0.3 is 5.97 Å². The lowest BCUT2D eigenvalue weighted by atomic mass is 10.0. The molecule has 0 amide bonds. The Hall–Kier alpha value is -2.07. The zero-order valence-corrected chi connectivity index (χ0v) is 11.4. The lowest BCUT2D eigenvalue weighted by molar-refractivity contribution is 0.0697. The van der Waals surface area contributed by atoms with Crippen LogP contribution < -0.4 is 0 Å². The molecule has 1 heterocycles. The van der Waals surface area contributed by atoms with Crippen LogP contribution in [0.25, 0.3) is 22.2 Å². The Morgan fingerprint density at radius 1 is 1.11 bits per heavy atom. The van der Waals surface area contributed by atoms with Gasteiger partial charge in [0.25, 0.3) is 0 Å². The molecule has 3 aromatic rings. The molecule has 0 radical (unpaired) electrons. The van der Waals surface area contributed by atoms with E-state index in [1.54, 1.807) is 12.1 Å². The van der Waals surface area contributed by atoms with Gasteiger partial charge in [-0.2, -0.15) is 0 Å². The maximum atomic E-state index is 11.3. The topological polar surface area (TPSA) is 53.1 Å². The van der Waals surface area contributed by atoms with E-state index in [0.29, 0.717) is 11.1 Å². The van der Waals surface area contributed by atoms with Gasteiger partial charge < -0.3 is 10.1 Å². The van der Waals surface area contributed by atoms with Crippen LogP contribution in [0.15, 0.2) is 53.0 Å². The molecule has 2 N–H and O–H groups in total. The normalized spacial score (nSPS) is 10.8. The van der Waals surface area contributed by atoms with Gasteiger partial charge in [0.1, 0.15) is 0 Å². The number of H-pyrrole nitrogens is 1. The summed E-state index contributed by atoms with van der Waals surface area (Å²) in [5, 5.41) is 10.3. The van der Waals surface area contributed by atoms with Gasteiger partial charge in [-0.15, -0.1) is 0 Å². The standard InChI is InChI=1S/C15H10BrNO2/c16-12-6-3-7-13-11(12)8-14(17-13)9-4-1-2-5-10(9)15(18)19/h1-8,17H,(H,18,19). The molecule has 3 nitrogen and oxygen atoms in total. The Kier molecular flexibility index (Phi) is 2.87. The third-order valence-corrected chi connectivity index (χ3v) is 3.75. The van der Waals surface area contributed by atoms with Crippen molar-refractivity contribution in [2.75, 3.05) is 0 Å². The average Bonchev–Trinajstić information content (AvgIpc) is 2.84. The van der Waals surface area contributed by atoms with E-state index < -0.39 is 5.97 Å². The molecule has 2 aromatic carbocycles. The highest BCUT2D eigenvalue weighted by Gasteiger charge is 2.13. The average molecular weight is 316 g/mol. The number of aromatic nitrogens is 1. The number of hydrogen-bond acceptors (Lipinski definition) is 1. The minimum absolute atomic E-state index is 0.296. The first-order chi connectivity index (χ1) is 9.16. The molecule has 0 aliphatic rings. The van der Waals surface area contributed by atoms with Crippen LogP contribution in [0.3, 0.4) is 0 Å². The van der Waals surface area contributed by atoms with Crippen molar-refractivity contribution in [3.8, 4) is 11.3 Å². The second kappa shape index (κ2) is 4.55. The second-order valence-corrected chi connectivity index (χ2v) is 5.09. The molecule has 0 unspecified atom stereocenters. The Morgan fingerprint density at radius 3 is 2.63 bits per heavy atom. The van der Waals surface area contributed by atoms with Crippen LogP contribution in [0.4, 0.5) is 0 Å². The lowest BCUT2D eigenvalue weighted by Gasteiger charge is -2.02. The summed E-state index contributed by atoms with van der Waals surface area (Å²) >= 11 is 3.49. The number of carbonyl (C=O) groups is 1. The van der Waals surface area contributed by atoms with Gasteiger partial charge in [-0.1, -0.05) is 40.2 Å². The Bertz CT molecular complexity index is 777. The first-order valence-electron chi connectivity index (χ1n) is 5.77. The molecule has 0 atom stereocenters. The monoisotopic (exact) mass is 315 g/mol. The number of nitrogens with one attached hydrogen (secondary N) is 1. The maximum Gasteiger partial charge on any atom is 0.336 e. The summed E-state index contributed by atoms with van der Waals surface area (Å²) in [5.41, 5.74) is 2.77. The Balaban J connectivity index is 2.25. The van der Waals surface area contributed by atoms with Crippen molar-refractivity contribution in [1.29, 1.82) is 0 Å². The van der Waals surface area contributed by atoms with Gasteiger partial charge in [-0.25, -0.2) is 4.79 Å². The van der Waals surface area contributed by atoms with Gasteiger partial charge in [0.2, 0.25) is 0 Å². The molecule has 4 heteroatoms. The first-order valence-corrected chi connectivity index (χ1v) is 6.56. The van der Waals surface area contributed by atoms with Crippen molar-refractivity contribution in [2.24, 2.45) is 0 Å². The number of benzene rings is 2. The van der Waals surface area contributed by atoms with E-state index in [1.165, 1.54) is 0 Å². The third kappa shape index (κ3) is 2.04. The van der Waals surface area contributed by atoms with E-state index in [9.17, 15) is 9.90 Å². The van der Waals surface area contributed by atoms with Crippen LogP contribution in [-0.2, 0) is 0 Å². The quantitative estimate of drug-likeness (QED) is 0.741. The molecule has 0 aliphatic heterocycles. The minimum atomic E-state index is -0.923. The van der Waals surface area contributed by atoms with Crippen molar-refractivity contribution >= 4 is 32.8 Å². The van der Waals surface area contributed by atoms with Crippen LogP contribution in [0.2, 0.25) is 0 Å². The van der Waals surface area contributed by atoms with Crippen LogP contribution >= 0.6 is 15.9 Å². The van der Waals surface area contributed by atoms with Crippen molar-refractivity contribution in [1.82, 2.24) is 4.98 Å².